The summed E-state index contributed by atoms with van der Waals surface area (Å²) in [5, 5.41) is 6.59. The summed E-state index contributed by atoms with van der Waals surface area (Å²) < 4.78 is 5.31. The lowest BCUT2D eigenvalue weighted by atomic mass is 10.1. The Kier molecular flexibility index (Phi) is 4.60. The fourth-order valence-corrected chi connectivity index (χ4v) is 2.11. The minimum absolute atomic E-state index is 0.292. The van der Waals surface area contributed by atoms with Gasteiger partial charge in [0, 0.05) is 5.56 Å². The summed E-state index contributed by atoms with van der Waals surface area (Å²) in [5.74, 6) is 0.235. The highest BCUT2D eigenvalue weighted by molar-refractivity contribution is 6.54. The lowest BCUT2D eigenvalue weighted by Gasteiger charge is -2.08. The Morgan fingerprint density at radius 1 is 1.04 bits per heavy atom. The van der Waals surface area contributed by atoms with Gasteiger partial charge in [0.15, 0.2) is 4.84 Å². The van der Waals surface area contributed by atoms with E-state index in [0.29, 0.717) is 23.0 Å². The summed E-state index contributed by atoms with van der Waals surface area (Å²) in [5.41, 5.74) is 1.92. The normalized spacial score (nSPS) is 10.7. The SMILES string of the molecule is O=C(Nc1ccccc1-c1nc(-c2ccccc2)no1)C(Cl)Cl. The number of carbonyl (C=O) groups is 1. The van der Waals surface area contributed by atoms with Gasteiger partial charge in [-0.05, 0) is 12.1 Å². The highest BCUT2D eigenvalue weighted by Gasteiger charge is 2.17. The molecule has 0 aliphatic rings. The van der Waals surface area contributed by atoms with Gasteiger partial charge in [-0.25, -0.2) is 0 Å². The highest BCUT2D eigenvalue weighted by atomic mass is 35.5. The summed E-state index contributed by atoms with van der Waals surface area (Å²) in [4.78, 5) is 14.9. The number of amides is 1. The first kappa shape index (κ1) is 15.5. The van der Waals surface area contributed by atoms with E-state index in [1.807, 2.05) is 30.3 Å². The van der Waals surface area contributed by atoms with E-state index in [1.165, 1.54) is 0 Å². The first-order valence-corrected chi connectivity index (χ1v) is 7.60. The van der Waals surface area contributed by atoms with Gasteiger partial charge in [-0.3, -0.25) is 4.79 Å². The van der Waals surface area contributed by atoms with Crippen LogP contribution in [0.3, 0.4) is 0 Å². The third-order valence-electron chi connectivity index (χ3n) is 3.07. The number of rotatable bonds is 4. The van der Waals surface area contributed by atoms with Crippen molar-refractivity contribution in [3.8, 4) is 22.8 Å². The summed E-state index contributed by atoms with van der Waals surface area (Å²) in [6, 6.07) is 16.5. The molecule has 0 atom stereocenters. The third kappa shape index (κ3) is 3.52. The van der Waals surface area contributed by atoms with E-state index in [1.54, 1.807) is 24.3 Å². The lowest BCUT2D eigenvalue weighted by molar-refractivity contribution is -0.114. The number of nitrogens with zero attached hydrogens (tertiary/aromatic N) is 2. The number of hydrogen-bond donors (Lipinski definition) is 1. The molecule has 1 aromatic heterocycles. The second kappa shape index (κ2) is 6.81. The van der Waals surface area contributed by atoms with Crippen molar-refractivity contribution in [2.24, 2.45) is 0 Å². The summed E-state index contributed by atoms with van der Waals surface area (Å²) in [6.07, 6.45) is 0. The lowest BCUT2D eigenvalue weighted by Crippen LogP contribution is -2.18. The number of aromatic nitrogens is 2. The van der Waals surface area contributed by atoms with Crippen LogP contribution in [0.2, 0.25) is 0 Å². The van der Waals surface area contributed by atoms with E-state index in [-0.39, 0.29) is 0 Å². The molecule has 3 aromatic rings. The molecule has 7 heteroatoms. The molecule has 0 spiro atoms. The van der Waals surface area contributed by atoms with Crippen LogP contribution < -0.4 is 5.32 Å². The molecule has 116 valence electrons. The topological polar surface area (TPSA) is 68.0 Å². The Bertz CT molecular complexity index is 819. The van der Waals surface area contributed by atoms with Crippen molar-refractivity contribution < 1.29 is 9.32 Å². The second-order valence-corrected chi connectivity index (χ2v) is 5.72. The molecular formula is C16H11Cl2N3O2. The number of alkyl halides is 2. The predicted octanol–water partition coefficient (Wildman–Crippen LogP) is 4.15. The van der Waals surface area contributed by atoms with Crippen LogP contribution in [0.1, 0.15) is 0 Å². The zero-order valence-corrected chi connectivity index (χ0v) is 13.3. The summed E-state index contributed by atoms with van der Waals surface area (Å²) in [7, 11) is 0. The molecular weight excluding hydrogens is 337 g/mol. The van der Waals surface area contributed by atoms with Gasteiger partial charge in [0.25, 0.3) is 11.8 Å². The van der Waals surface area contributed by atoms with Gasteiger partial charge in [0.1, 0.15) is 0 Å². The minimum atomic E-state index is -1.16. The molecule has 0 fully saturated rings. The van der Waals surface area contributed by atoms with Crippen molar-refractivity contribution in [1.29, 1.82) is 0 Å². The third-order valence-corrected chi connectivity index (χ3v) is 3.47. The van der Waals surface area contributed by atoms with Crippen LogP contribution in [0, 0.1) is 0 Å². The van der Waals surface area contributed by atoms with Crippen molar-refractivity contribution in [2.45, 2.75) is 4.84 Å². The fourth-order valence-electron chi connectivity index (χ4n) is 2.00. The maximum absolute atomic E-state index is 11.7. The first-order valence-electron chi connectivity index (χ1n) is 6.72. The first-order chi connectivity index (χ1) is 11.1. The maximum atomic E-state index is 11.7. The van der Waals surface area contributed by atoms with Gasteiger partial charge >= 0.3 is 0 Å². The van der Waals surface area contributed by atoms with E-state index >= 15 is 0 Å². The van der Waals surface area contributed by atoms with Crippen LogP contribution in [-0.4, -0.2) is 20.9 Å². The molecule has 0 saturated carbocycles. The van der Waals surface area contributed by atoms with E-state index in [4.69, 9.17) is 27.7 Å². The van der Waals surface area contributed by atoms with Gasteiger partial charge in [-0.1, -0.05) is 70.8 Å². The van der Waals surface area contributed by atoms with E-state index in [0.717, 1.165) is 5.56 Å². The number of hydrogen-bond acceptors (Lipinski definition) is 4. The maximum Gasteiger partial charge on any atom is 0.260 e. The Hall–Kier alpha value is -2.37. The van der Waals surface area contributed by atoms with Crippen LogP contribution in [0.5, 0.6) is 0 Å². The van der Waals surface area contributed by atoms with Crippen molar-refractivity contribution in [1.82, 2.24) is 10.1 Å². The molecule has 2 aromatic carbocycles. The molecule has 0 radical (unpaired) electrons. The highest BCUT2D eigenvalue weighted by Crippen LogP contribution is 2.28. The molecule has 1 N–H and O–H groups in total. The quantitative estimate of drug-likeness (QED) is 0.720. The smallest absolute Gasteiger partial charge is 0.260 e. The number of halogens is 2. The van der Waals surface area contributed by atoms with Gasteiger partial charge < -0.3 is 9.84 Å². The molecule has 0 unspecified atom stereocenters. The number of nitrogens with one attached hydrogen (secondary N) is 1. The van der Waals surface area contributed by atoms with Crippen LogP contribution >= 0.6 is 23.2 Å². The standard InChI is InChI=1S/C16H11Cl2N3O2/c17-13(18)15(22)19-12-9-5-4-8-11(12)16-20-14(21-23-16)10-6-2-1-3-7-10/h1-9,13H,(H,19,22). The molecule has 1 heterocycles. The van der Waals surface area contributed by atoms with E-state index in [2.05, 4.69) is 15.5 Å². The molecule has 23 heavy (non-hydrogen) atoms. The number of carbonyl (C=O) groups excluding carboxylic acids is 1. The van der Waals surface area contributed by atoms with E-state index < -0.39 is 10.7 Å². The molecule has 0 bridgehead atoms. The molecule has 1 amide bonds. The number of anilines is 1. The van der Waals surface area contributed by atoms with Crippen LogP contribution in [0.15, 0.2) is 59.1 Å². The molecule has 5 nitrogen and oxygen atoms in total. The van der Waals surface area contributed by atoms with E-state index in [9.17, 15) is 4.79 Å². The average molecular weight is 348 g/mol. The van der Waals surface area contributed by atoms with Gasteiger partial charge in [-0.15, -0.1) is 0 Å². The van der Waals surface area contributed by atoms with Crippen LogP contribution in [-0.2, 0) is 4.79 Å². The van der Waals surface area contributed by atoms with Crippen LogP contribution in [0.4, 0.5) is 5.69 Å². The fraction of sp³-hybridized carbons (Fsp3) is 0.0625. The predicted molar refractivity (Wildman–Crippen MR) is 89.3 cm³/mol. The summed E-state index contributed by atoms with van der Waals surface area (Å²) >= 11 is 11.1. The molecule has 3 rings (SSSR count). The van der Waals surface area contributed by atoms with Crippen LogP contribution in [0.25, 0.3) is 22.8 Å². The van der Waals surface area contributed by atoms with Crippen molar-refractivity contribution in [3.05, 3.63) is 54.6 Å². The van der Waals surface area contributed by atoms with Crippen molar-refractivity contribution in [3.63, 3.8) is 0 Å². The molecule has 0 aliphatic carbocycles. The Morgan fingerprint density at radius 2 is 1.74 bits per heavy atom. The Morgan fingerprint density at radius 3 is 2.48 bits per heavy atom. The number of para-hydroxylation sites is 1. The zero-order valence-electron chi connectivity index (χ0n) is 11.7. The second-order valence-electron chi connectivity index (χ2n) is 4.62. The Labute approximate surface area is 142 Å². The molecule has 0 aliphatic heterocycles. The Balaban J connectivity index is 1.94. The summed E-state index contributed by atoms with van der Waals surface area (Å²) in [6.45, 7) is 0. The number of benzene rings is 2. The monoisotopic (exact) mass is 347 g/mol. The van der Waals surface area contributed by atoms with Crippen molar-refractivity contribution >= 4 is 34.8 Å². The molecule has 0 saturated heterocycles. The largest absolute Gasteiger partial charge is 0.334 e. The minimum Gasteiger partial charge on any atom is -0.334 e. The van der Waals surface area contributed by atoms with Gasteiger partial charge in [-0.2, -0.15) is 4.98 Å². The zero-order chi connectivity index (χ0) is 16.2. The average Bonchev–Trinajstić information content (AvgIpc) is 3.06. The van der Waals surface area contributed by atoms with Gasteiger partial charge in [0.2, 0.25) is 5.82 Å². The van der Waals surface area contributed by atoms with Crippen molar-refractivity contribution in [2.75, 3.05) is 5.32 Å². The van der Waals surface area contributed by atoms with Gasteiger partial charge in [0.05, 0.1) is 11.3 Å².